The van der Waals surface area contributed by atoms with Gasteiger partial charge in [0.15, 0.2) is 5.03 Å². The minimum absolute atomic E-state index is 0.0897. The van der Waals surface area contributed by atoms with Gasteiger partial charge in [-0.25, -0.2) is 13.4 Å². The van der Waals surface area contributed by atoms with Crippen LogP contribution in [0.2, 0.25) is 0 Å². The van der Waals surface area contributed by atoms with E-state index < -0.39 is 10.0 Å². The topological polar surface area (TPSA) is 65.5 Å². The van der Waals surface area contributed by atoms with Crippen molar-refractivity contribution in [2.75, 3.05) is 46.1 Å². The molecule has 0 atom stereocenters. The molecular formula is C14H26N4O2S. The van der Waals surface area contributed by atoms with Gasteiger partial charge in [-0.2, -0.15) is 4.31 Å². The third-order valence-electron chi connectivity index (χ3n) is 2.99. The maximum atomic E-state index is 12.9. The van der Waals surface area contributed by atoms with Gasteiger partial charge in [-0.1, -0.05) is 13.8 Å². The van der Waals surface area contributed by atoms with Crippen LogP contribution in [0.25, 0.3) is 0 Å². The molecule has 0 aliphatic carbocycles. The SMILES string of the molecule is CNc1cccnc1S(=O)(=O)N(CCN(C)C)CC(C)C. The molecule has 0 aromatic carbocycles. The minimum Gasteiger partial charge on any atom is -0.386 e. The summed E-state index contributed by atoms with van der Waals surface area (Å²) >= 11 is 0. The Balaban J connectivity index is 3.13. The van der Waals surface area contributed by atoms with Gasteiger partial charge in [0.1, 0.15) is 0 Å². The molecule has 21 heavy (non-hydrogen) atoms. The van der Waals surface area contributed by atoms with Crippen molar-refractivity contribution in [1.29, 1.82) is 0 Å². The summed E-state index contributed by atoms with van der Waals surface area (Å²) in [5.41, 5.74) is 0.524. The normalized spacial score (nSPS) is 12.4. The number of anilines is 1. The number of pyridine rings is 1. The molecule has 0 saturated heterocycles. The number of hydrogen-bond acceptors (Lipinski definition) is 5. The van der Waals surface area contributed by atoms with Gasteiger partial charge < -0.3 is 10.2 Å². The second-order valence-corrected chi connectivity index (χ2v) is 7.52. The Bertz CT molecular complexity index is 544. The summed E-state index contributed by atoms with van der Waals surface area (Å²) in [4.78, 5) is 6.04. The molecule has 0 aliphatic heterocycles. The fourth-order valence-corrected chi connectivity index (χ4v) is 3.64. The second-order valence-electron chi connectivity index (χ2n) is 5.67. The maximum Gasteiger partial charge on any atom is 0.262 e. The molecule has 0 saturated carbocycles. The molecule has 0 unspecified atom stereocenters. The first kappa shape index (κ1) is 17.9. The summed E-state index contributed by atoms with van der Waals surface area (Å²) in [5.74, 6) is 0.253. The van der Waals surface area contributed by atoms with E-state index in [0.717, 1.165) is 0 Å². The van der Waals surface area contributed by atoms with Gasteiger partial charge in [-0.05, 0) is 32.1 Å². The van der Waals surface area contributed by atoms with Crippen molar-refractivity contribution < 1.29 is 8.42 Å². The molecule has 6 nitrogen and oxygen atoms in total. The van der Waals surface area contributed by atoms with Crippen molar-refractivity contribution in [2.24, 2.45) is 5.92 Å². The lowest BCUT2D eigenvalue weighted by atomic mass is 10.2. The lowest BCUT2D eigenvalue weighted by Gasteiger charge is -2.25. The van der Waals surface area contributed by atoms with Crippen molar-refractivity contribution in [3.05, 3.63) is 18.3 Å². The lowest BCUT2D eigenvalue weighted by molar-refractivity contribution is 0.312. The zero-order chi connectivity index (χ0) is 16.0. The highest BCUT2D eigenvalue weighted by molar-refractivity contribution is 7.89. The van der Waals surface area contributed by atoms with Gasteiger partial charge in [-0.3, -0.25) is 0 Å². The van der Waals surface area contributed by atoms with E-state index in [4.69, 9.17) is 0 Å². The molecule has 1 aromatic heterocycles. The van der Waals surface area contributed by atoms with Crippen LogP contribution in [0.1, 0.15) is 13.8 Å². The van der Waals surface area contributed by atoms with E-state index in [9.17, 15) is 8.42 Å². The summed E-state index contributed by atoms with van der Waals surface area (Å²) in [6, 6.07) is 3.44. The highest BCUT2D eigenvalue weighted by atomic mass is 32.2. The molecule has 0 bridgehead atoms. The third-order valence-corrected chi connectivity index (χ3v) is 4.82. The van der Waals surface area contributed by atoms with E-state index >= 15 is 0 Å². The molecule has 0 radical (unpaired) electrons. The van der Waals surface area contributed by atoms with Crippen molar-refractivity contribution in [1.82, 2.24) is 14.2 Å². The molecule has 7 heteroatoms. The van der Waals surface area contributed by atoms with Crippen molar-refractivity contribution in [3.8, 4) is 0 Å². The van der Waals surface area contributed by atoms with Gasteiger partial charge in [0.25, 0.3) is 10.0 Å². The van der Waals surface area contributed by atoms with Crippen LogP contribution >= 0.6 is 0 Å². The first-order valence-electron chi connectivity index (χ1n) is 7.06. The maximum absolute atomic E-state index is 12.9. The van der Waals surface area contributed by atoms with Gasteiger partial charge in [0.2, 0.25) is 0 Å². The lowest BCUT2D eigenvalue weighted by Crippen LogP contribution is -2.39. The molecule has 120 valence electrons. The first-order chi connectivity index (χ1) is 9.78. The van der Waals surface area contributed by atoms with Gasteiger partial charge >= 0.3 is 0 Å². The van der Waals surface area contributed by atoms with Crippen molar-refractivity contribution >= 4 is 15.7 Å². The van der Waals surface area contributed by atoms with Crippen LogP contribution in [0.5, 0.6) is 0 Å². The number of nitrogens with zero attached hydrogens (tertiary/aromatic N) is 3. The Morgan fingerprint density at radius 2 is 1.95 bits per heavy atom. The van der Waals surface area contributed by atoms with E-state index in [1.807, 2.05) is 32.8 Å². The monoisotopic (exact) mass is 314 g/mol. The quantitative estimate of drug-likeness (QED) is 0.784. The third kappa shape index (κ3) is 4.94. The average molecular weight is 314 g/mol. The Kier molecular flexibility index (Phi) is 6.57. The van der Waals surface area contributed by atoms with E-state index in [0.29, 0.717) is 25.3 Å². The summed E-state index contributed by atoms with van der Waals surface area (Å²) < 4.78 is 27.2. The van der Waals surface area contributed by atoms with Crippen molar-refractivity contribution in [3.63, 3.8) is 0 Å². The highest BCUT2D eigenvalue weighted by Crippen LogP contribution is 2.22. The zero-order valence-corrected chi connectivity index (χ0v) is 14.3. The molecule has 1 aromatic rings. The highest BCUT2D eigenvalue weighted by Gasteiger charge is 2.28. The number of nitrogens with one attached hydrogen (secondary N) is 1. The van der Waals surface area contributed by atoms with E-state index in [1.54, 1.807) is 19.2 Å². The van der Waals surface area contributed by atoms with Gasteiger partial charge in [0.05, 0.1) is 5.69 Å². The van der Waals surface area contributed by atoms with E-state index in [2.05, 4.69) is 10.3 Å². The molecule has 0 spiro atoms. The summed E-state index contributed by atoms with van der Waals surface area (Å²) in [6.07, 6.45) is 1.51. The average Bonchev–Trinajstić information content (AvgIpc) is 2.42. The van der Waals surface area contributed by atoms with Crippen molar-refractivity contribution in [2.45, 2.75) is 18.9 Å². The fourth-order valence-electron chi connectivity index (χ4n) is 1.94. The van der Waals surface area contributed by atoms with Crippen LogP contribution in [0.3, 0.4) is 0 Å². The molecule has 1 N–H and O–H groups in total. The fraction of sp³-hybridized carbons (Fsp3) is 0.643. The predicted molar refractivity (Wildman–Crippen MR) is 85.9 cm³/mol. The predicted octanol–water partition coefficient (Wildman–Crippen LogP) is 1.33. The number of likely N-dealkylation sites (N-methyl/N-ethyl adjacent to an activating group) is 1. The minimum atomic E-state index is -3.60. The second kappa shape index (κ2) is 7.72. The Morgan fingerprint density at radius 3 is 2.48 bits per heavy atom. The zero-order valence-electron chi connectivity index (χ0n) is 13.5. The van der Waals surface area contributed by atoms with Crippen LogP contribution in [-0.2, 0) is 10.0 Å². The van der Waals surface area contributed by atoms with Crippen LogP contribution in [-0.4, -0.2) is 63.4 Å². The number of rotatable bonds is 8. The molecular weight excluding hydrogens is 288 g/mol. The molecule has 0 amide bonds. The van der Waals surface area contributed by atoms with E-state index in [1.165, 1.54) is 10.5 Å². The van der Waals surface area contributed by atoms with Crippen LogP contribution < -0.4 is 5.32 Å². The first-order valence-corrected chi connectivity index (χ1v) is 8.50. The summed E-state index contributed by atoms with van der Waals surface area (Å²) in [7, 11) is 1.96. The Labute approximate surface area is 128 Å². The standard InChI is InChI=1S/C14H26N4O2S/c1-12(2)11-18(10-9-17(4)5)21(19,20)14-13(15-3)7-6-8-16-14/h6-8,12,15H,9-11H2,1-5H3. The van der Waals surface area contributed by atoms with Gasteiger partial charge in [-0.15, -0.1) is 0 Å². The van der Waals surface area contributed by atoms with Crippen LogP contribution in [0, 0.1) is 5.92 Å². The molecule has 0 fully saturated rings. The largest absolute Gasteiger partial charge is 0.386 e. The summed E-state index contributed by atoms with van der Waals surface area (Å²) in [5, 5.41) is 2.99. The smallest absolute Gasteiger partial charge is 0.262 e. The van der Waals surface area contributed by atoms with E-state index in [-0.39, 0.29) is 10.9 Å². The Hall–Kier alpha value is -1.18. The van der Waals surface area contributed by atoms with Crippen LogP contribution in [0.15, 0.2) is 23.4 Å². The molecule has 0 aliphatic rings. The van der Waals surface area contributed by atoms with Gasteiger partial charge in [0, 0.05) is 32.9 Å². The molecule has 1 rings (SSSR count). The molecule has 1 heterocycles. The number of hydrogen-bond donors (Lipinski definition) is 1. The Morgan fingerprint density at radius 1 is 1.29 bits per heavy atom. The van der Waals surface area contributed by atoms with Crippen LogP contribution in [0.4, 0.5) is 5.69 Å². The number of aromatic nitrogens is 1. The summed E-state index contributed by atoms with van der Waals surface area (Å²) in [6.45, 7) is 5.63. The number of sulfonamides is 1.